The summed E-state index contributed by atoms with van der Waals surface area (Å²) >= 11 is 1.32. The number of esters is 1. The first kappa shape index (κ1) is 22.7. The Kier molecular flexibility index (Phi) is 6.55. The van der Waals surface area contributed by atoms with E-state index in [0.29, 0.717) is 35.0 Å². The average Bonchev–Trinajstić information content (AvgIpc) is 3.43. The molecule has 1 aliphatic heterocycles. The van der Waals surface area contributed by atoms with Crippen LogP contribution in [0.3, 0.4) is 0 Å². The molecular weight excluding hydrogens is 438 g/mol. The van der Waals surface area contributed by atoms with Gasteiger partial charge in [-0.1, -0.05) is 12.1 Å². The third kappa shape index (κ3) is 4.96. The first-order valence-corrected chi connectivity index (χ1v) is 11.6. The lowest BCUT2D eigenvalue weighted by molar-refractivity contribution is -0.117. The van der Waals surface area contributed by atoms with Crippen molar-refractivity contribution in [3.8, 4) is 0 Å². The molecule has 4 rings (SSSR count). The number of nitrogens with zero attached hydrogens (tertiary/aromatic N) is 3. The van der Waals surface area contributed by atoms with Gasteiger partial charge in [0.1, 0.15) is 6.61 Å². The molecule has 2 amide bonds. The predicted molar refractivity (Wildman–Crippen MR) is 128 cm³/mol. The van der Waals surface area contributed by atoms with Crippen molar-refractivity contribution in [2.75, 3.05) is 16.3 Å². The van der Waals surface area contributed by atoms with Gasteiger partial charge in [0, 0.05) is 31.0 Å². The van der Waals surface area contributed by atoms with Crippen molar-refractivity contribution in [3.05, 3.63) is 70.2 Å². The van der Waals surface area contributed by atoms with Crippen molar-refractivity contribution < 1.29 is 19.1 Å². The van der Waals surface area contributed by atoms with Crippen molar-refractivity contribution >= 4 is 45.6 Å². The van der Waals surface area contributed by atoms with Crippen LogP contribution in [0.5, 0.6) is 0 Å². The molecule has 1 saturated heterocycles. The van der Waals surface area contributed by atoms with Gasteiger partial charge in [0.05, 0.1) is 16.9 Å². The van der Waals surface area contributed by atoms with Gasteiger partial charge < -0.3 is 9.64 Å². The molecular formula is C25H25N3O4S. The number of aromatic nitrogens is 1. The lowest BCUT2D eigenvalue weighted by Gasteiger charge is -2.19. The normalized spacial score (nSPS) is 13.3. The van der Waals surface area contributed by atoms with Crippen LogP contribution in [0.25, 0.3) is 0 Å². The van der Waals surface area contributed by atoms with Gasteiger partial charge in [-0.2, -0.15) is 0 Å². The van der Waals surface area contributed by atoms with Gasteiger partial charge in [-0.25, -0.2) is 9.78 Å². The van der Waals surface area contributed by atoms with E-state index < -0.39 is 5.97 Å². The third-order valence-corrected chi connectivity index (χ3v) is 6.49. The summed E-state index contributed by atoms with van der Waals surface area (Å²) in [5, 5.41) is 2.30. The van der Waals surface area contributed by atoms with Gasteiger partial charge in [0.2, 0.25) is 11.8 Å². The van der Waals surface area contributed by atoms with E-state index in [2.05, 4.69) is 4.98 Å². The van der Waals surface area contributed by atoms with Crippen LogP contribution in [0.4, 0.5) is 16.5 Å². The minimum Gasteiger partial charge on any atom is -0.456 e. The molecule has 3 aromatic rings. The molecule has 33 heavy (non-hydrogen) atoms. The number of rotatable bonds is 6. The molecule has 0 radical (unpaired) electrons. The second kappa shape index (κ2) is 9.54. The minimum atomic E-state index is -0.490. The second-order valence-corrected chi connectivity index (χ2v) is 8.86. The minimum absolute atomic E-state index is 0.0130. The van der Waals surface area contributed by atoms with Gasteiger partial charge in [0.15, 0.2) is 5.13 Å². The fraction of sp³-hybridized carbons (Fsp3) is 0.280. The molecule has 1 fully saturated rings. The van der Waals surface area contributed by atoms with Crippen LogP contribution in [-0.2, 0) is 20.9 Å². The van der Waals surface area contributed by atoms with Gasteiger partial charge in [-0.3, -0.25) is 14.5 Å². The predicted octanol–water partition coefficient (Wildman–Crippen LogP) is 4.93. The van der Waals surface area contributed by atoms with Crippen LogP contribution in [0.2, 0.25) is 0 Å². The van der Waals surface area contributed by atoms with Crippen molar-refractivity contribution in [2.45, 2.75) is 40.2 Å². The van der Waals surface area contributed by atoms with E-state index in [9.17, 15) is 14.4 Å². The summed E-state index contributed by atoms with van der Waals surface area (Å²) in [6, 6.07) is 12.7. The Labute approximate surface area is 196 Å². The molecule has 0 spiro atoms. The number of thiazole rings is 1. The quantitative estimate of drug-likeness (QED) is 0.485. The molecule has 2 aromatic carbocycles. The Morgan fingerprint density at radius 2 is 1.97 bits per heavy atom. The maximum absolute atomic E-state index is 12.6. The first-order valence-electron chi connectivity index (χ1n) is 10.7. The van der Waals surface area contributed by atoms with Crippen LogP contribution in [-0.4, -0.2) is 29.3 Å². The molecule has 8 heteroatoms. The van der Waals surface area contributed by atoms with E-state index >= 15 is 0 Å². The Morgan fingerprint density at radius 1 is 1.15 bits per heavy atom. The van der Waals surface area contributed by atoms with E-state index in [1.807, 2.05) is 38.1 Å². The summed E-state index contributed by atoms with van der Waals surface area (Å²) in [6.07, 6.45) is 1.35. The number of carbonyl (C=O) groups excluding carboxylic acids is 3. The highest BCUT2D eigenvalue weighted by Crippen LogP contribution is 2.30. The zero-order valence-corrected chi connectivity index (χ0v) is 19.6. The molecule has 2 heterocycles. The molecule has 0 unspecified atom stereocenters. The van der Waals surface area contributed by atoms with E-state index in [4.69, 9.17) is 4.74 Å². The summed E-state index contributed by atoms with van der Waals surface area (Å²) in [7, 11) is 0. The number of anilines is 3. The monoisotopic (exact) mass is 463 g/mol. The van der Waals surface area contributed by atoms with Gasteiger partial charge in [0.25, 0.3) is 0 Å². The van der Waals surface area contributed by atoms with Gasteiger partial charge in [-0.05, 0) is 61.7 Å². The summed E-state index contributed by atoms with van der Waals surface area (Å²) in [5.74, 6) is -0.575. The summed E-state index contributed by atoms with van der Waals surface area (Å²) < 4.78 is 5.45. The molecule has 1 aliphatic rings. The summed E-state index contributed by atoms with van der Waals surface area (Å²) in [4.78, 5) is 44.7. The number of aryl methyl sites for hydroxylation is 2. The molecule has 0 saturated carbocycles. The Balaban J connectivity index is 1.45. The van der Waals surface area contributed by atoms with E-state index in [0.717, 1.165) is 23.2 Å². The van der Waals surface area contributed by atoms with Crippen molar-refractivity contribution in [1.82, 2.24) is 4.98 Å². The third-order valence-electron chi connectivity index (χ3n) is 5.61. The standard InChI is InChI=1S/C25H25N3O4S/c1-16-9-10-22(12-17(16)2)28(18(3)29)25-26-20(15-33-25)14-32-24(31)19-6-4-7-21(13-19)27-11-5-8-23(27)30/h4,6-7,9-10,12-13,15H,5,8,11,14H2,1-3H3. The highest BCUT2D eigenvalue weighted by Gasteiger charge is 2.23. The van der Waals surface area contributed by atoms with E-state index in [1.165, 1.54) is 18.3 Å². The first-order chi connectivity index (χ1) is 15.8. The zero-order valence-electron chi connectivity index (χ0n) is 18.8. The van der Waals surface area contributed by atoms with Crippen LogP contribution in [0.1, 0.15) is 46.9 Å². The Hall–Kier alpha value is -3.52. The number of carbonyl (C=O) groups is 3. The molecule has 0 N–H and O–H groups in total. The highest BCUT2D eigenvalue weighted by atomic mass is 32.1. The van der Waals surface area contributed by atoms with Crippen molar-refractivity contribution in [1.29, 1.82) is 0 Å². The smallest absolute Gasteiger partial charge is 0.338 e. The van der Waals surface area contributed by atoms with Crippen LogP contribution < -0.4 is 9.80 Å². The number of amides is 2. The molecule has 170 valence electrons. The van der Waals surface area contributed by atoms with Crippen molar-refractivity contribution in [2.24, 2.45) is 0 Å². The lowest BCUT2D eigenvalue weighted by Crippen LogP contribution is -2.23. The van der Waals surface area contributed by atoms with Crippen molar-refractivity contribution in [3.63, 3.8) is 0 Å². The molecule has 0 atom stereocenters. The molecule has 1 aromatic heterocycles. The second-order valence-electron chi connectivity index (χ2n) is 8.02. The lowest BCUT2D eigenvalue weighted by atomic mass is 10.1. The number of hydrogen-bond donors (Lipinski definition) is 0. The SMILES string of the molecule is CC(=O)N(c1ccc(C)c(C)c1)c1nc(COC(=O)c2cccc(N3CCCC3=O)c2)cs1. The van der Waals surface area contributed by atoms with Crippen LogP contribution >= 0.6 is 11.3 Å². The Bertz CT molecular complexity index is 1220. The fourth-order valence-corrected chi connectivity index (χ4v) is 4.57. The summed E-state index contributed by atoms with van der Waals surface area (Å²) in [5.41, 5.74) is 4.62. The van der Waals surface area contributed by atoms with Gasteiger partial charge in [-0.15, -0.1) is 11.3 Å². The van der Waals surface area contributed by atoms with Crippen LogP contribution in [0.15, 0.2) is 47.8 Å². The molecule has 7 nitrogen and oxygen atoms in total. The maximum Gasteiger partial charge on any atom is 0.338 e. The highest BCUT2D eigenvalue weighted by molar-refractivity contribution is 7.14. The number of benzene rings is 2. The number of hydrogen-bond acceptors (Lipinski definition) is 6. The summed E-state index contributed by atoms with van der Waals surface area (Å²) in [6.45, 7) is 6.16. The maximum atomic E-state index is 12.6. The molecule has 0 bridgehead atoms. The average molecular weight is 464 g/mol. The molecule has 0 aliphatic carbocycles. The van der Waals surface area contributed by atoms with Crippen LogP contribution in [0, 0.1) is 13.8 Å². The fourth-order valence-electron chi connectivity index (χ4n) is 3.70. The largest absolute Gasteiger partial charge is 0.456 e. The zero-order chi connectivity index (χ0) is 23.5. The Morgan fingerprint density at radius 3 is 2.67 bits per heavy atom. The topological polar surface area (TPSA) is 79.8 Å². The van der Waals surface area contributed by atoms with Gasteiger partial charge >= 0.3 is 5.97 Å². The number of ether oxygens (including phenoxy) is 1. The van der Waals surface area contributed by atoms with E-state index in [1.54, 1.807) is 33.4 Å². The van der Waals surface area contributed by atoms with E-state index in [-0.39, 0.29) is 18.4 Å².